The SMILES string of the molecule is Cc1ccc(NC(=O)[C@H](N[C@H]2CCCc3ccccc32)c2ccccc2)cc1. The summed E-state index contributed by atoms with van der Waals surface area (Å²) in [5.74, 6) is -0.0295. The summed E-state index contributed by atoms with van der Waals surface area (Å²) in [4.78, 5) is 13.2. The Balaban J connectivity index is 1.60. The van der Waals surface area contributed by atoms with E-state index in [4.69, 9.17) is 0 Å². The molecular weight excluding hydrogens is 344 g/mol. The van der Waals surface area contributed by atoms with Gasteiger partial charge in [0.15, 0.2) is 0 Å². The van der Waals surface area contributed by atoms with Crippen molar-refractivity contribution < 1.29 is 4.79 Å². The van der Waals surface area contributed by atoms with E-state index in [2.05, 4.69) is 34.9 Å². The predicted molar refractivity (Wildman–Crippen MR) is 114 cm³/mol. The molecule has 142 valence electrons. The van der Waals surface area contributed by atoms with Gasteiger partial charge in [-0.2, -0.15) is 0 Å². The molecule has 28 heavy (non-hydrogen) atoms. The molecule has 3 nitrogen and oxygen atoms in total. The Morgan fingerprint density at radius 1 is 0.929 bits per heavy atom. The van der Waals surface area contributed by atoms with E-state index in [0.717, 1.165) is 30.5 Å². The van der Waals surface area contributed by atoms with E-state index >= 15 is 0 Å². The van der Waals surface area contributed by atoms with Crippen LogP contribution in [0.1, 0.15) is 47.2 Å². The maximum absolute atomic E-state index is 13.2. The number of nitrogens with one attached hydrogen (secondary N) is 2. The molecule has 0 heterocycles. The van der Waals surface area contributed by atoms with Gasteiger partial charge in [0.1, 0.15) is 6.04 Å². The molecule has 3 aromatic rings. The Hall–Kier alpha value is -2.91. The normalized spacial score (nSPS) is 16.8. The molecule has 0 saturated heterocycles. The van der Waals surface area contributed by atoms with Gasteiger partial charge in [0.05, 0.1) is 0 Å². The number of anilines is 1. The Morgan fingerprint density at radius 3 is 2.43 bits per heavy atom. The topological polar surface area (TPSA) is 41.1 Å². The largest absolute Gasteiger partial charge is 0.324 e. The second kappa shape index (κ2) is 8.41. The number of amides is 1. The van der Waals surface area contributed by atoms with E-state index in [1.165, 1.54) is 16.7 Å². The minimum Gasteiger partial charge on any atom is -0.324 e. The number of hydrogen-bond donors (Lipinski definition) is 2. The van der Waals surface area contributed by atoms with Crippen molar-refractivity contribution in [1.29, 1.82) is 0 Å². The monoisotopic (exact) mass is 370 g/mol. The second-order valence-corrected chi connectivity index (χ2v) is 7.51. The summed E-state index contributed by atoms with van der Waals surface area (Å²) in [5.41, 5.74) is 5.68. The van der Waals surface area contributed by atoms with Crippen LogP contribution in [-0.2, 0) is 11.2 Å². The fourth-order valence-electron chi connectivity index (χ4n) is 3.95. The van der Waals surface area contributed by atoms with E-state index in [1.54, 1.807) is 0 Å². The third kappa shape index (κ3) is 4.15. The third-order valence-corrected chi connectivity index (χ3v) is 5.45. The van der Waals surface area contributed by atoms with Crippen LogP contribution in [-0.4, -0.2) is 5.91 Å². The Labute approximate surface area is 166 Å². The van der Waals surface area contributed by atoms with Crippen LogP contribution in [0.2, 0.25) is 0 Å². The lowest BCUT2D eigenvalue weighted by Gasteiger charge is -2.30. The average Bonchev–Trinajstić information content (AvgIpc) is 2.74. The van der Waals surface area contributed by atoms with Crippen LogP contribution in [0, 0.1) is 6.92 Å². The van der Waals surface area contributed by atoms with Gasteiger partial charge >= 0.3 is 0 Å². The molecule has 1 aliphatic rings. The van der Waals surface area contributed by atoms with Gasteiger partial charge in [-0.05, 0) is 55.0 Å². The van der Waals surface area contributed by atoms with Crippen LogP contribution in [0.5, 0.6) is 0 Å². The highest BCUT2D eigenvalue weighted by Crippen LogP contribution is 2.32. The van der Waals surface area contributed by atoms with E-state index in [1.807, 2.05) is 61.5 Å². The zero-order valence-corrected chi connectivity index (χ0v) is 16.2. The van der Waals surface area contributed by atoms with Crippen LogP contribution in [0.3, 0.4) is 0 Å². The van der Waals surface area contributed by atoms with Crippen molar-refractivity contribution in [1.82, 2.24) is 5.32 Å². The molecule has 0 spiro atoms. The third-order valence-electron chi connectivity index (χ3n) is 5.45. The van der Waals surface area contributed by atoms with Gasteiger partial charge in [-0.1, -0.05) is 72.3 Å². The van der Waals surface area contributed by atoms with Crippen molar-refractivity contribution in [2.75, 3.05) is 5.32 Å². The fourth-order valence-corrected chi connectivity index (χ4v) is 3.95. The van der Waals surface area contributed by atoms with Gasteiger partial charge in [-0.15, -0.1) is 0 Å². The van der Waals surface area contributed by atoms with Crippen LogP contribution in [0.4, 0.5) is 5.69 Å². The lowest BCUT2D eigenvalue weighted by atomic mass is 9.87. The molecule has 0 unspecified atom stereocenters. The molecule has 1 amide bonds. The Bertz CT molecular complexity index is 934. The summed E-state index contributed by atoms with van der Waals surface area (Å²) >= 11 is 0. The smallest absolute Gasteiger partial charge is 0.246 e. The number of carbonyl (C=O) groups is 1. The fraction of sp³-hybridized carbons (Fsp3) is 0.240. The van der Waals surface area contributed by atoms with Gasteiger partial charge in [-0.25, -0.2) is 0 Å². The maximum Gasteiger partial charge on any atom is 0.246 e. The average molecular weight is 370 g/mol. The molecule has 0 aromatic heterocycles. The molecule has 0 fully saturated rings. The Kier molecular flexibility index (Phi) is 5.54. The van der Waals surface area contributed by atoms with Gasteiger partial charge < -0.3 is 5.32 Å². The van der Waals surface area contributed by atoms with Gasteiger partial charge in [0.2, 0.25) is 5.91 Å². The van der Waals surface area contributed by atoms with Gasteiger partial charge in [0, 0.05) is 11.7 Å². The molecule has 3 heteroatoms. The number of aryl methyl sites for hydroxylation is 2. The van der Waals surface area contributed by atoms with Crippen LogP contribution in [0.15, 0.2) is 78.9 Å². The molecule has 2 atom stereocenters. The molecule has 0 aliphatic heterocycles. The molecule has 1 aliphatic carbocycles. The maximum atomic E-state index is 13.2. The first-order valence-corrected chi connectivity index (χ1v) is 9.97. The zero-order chi connectivity index (χ0) is 19.3. The molecule has 2 N–H and O–H groups in total. The van der Waals surface area contributed by atoms with E-state index in [0.29, 0.717) is 0 Å². The summed E-state index contributed by atoms with van der Waals surface area (Å²) in [6.45, 7) is 2.04. The highest BCUT2D eigenvalue weighted by Gasteiger charge is 2.27. The molecular formula is C25H26N2O. The molecule has 3 aromatic carbocycles. The summed E-state index contributed by atoms with van der Waals surface area (Å²) in [6, 6.07) is 26.2. The van der Waals surface area contributed by atoms with Crippen molar-refractivity contribution in [3.63, 3.8) is 0 Å². The number of hydrogen-bond acceptors (Lipinski definition) is 2. The van der Waals surface area contributed by atoms with E-state index in [-0.39, 0.29) is 11.9 Å². The number of carbonyl (C=O) groups excluding carboxylic acids is 1. The number of fused-ring (bicyclic) bond motifs is 1. The van der Waals surface area contributed by atoms with Crippen molar-refractivity contribution >= 4 is 11.6 Å². The van der Waals surface area contributed by atoms with Crippen LogP contribution in [0.25, 0.3) is 0 Å². The van der Waals surface area contributed by atoms with Crippen LogP contribution < -0.4 is 10.6 Å². The molecule has 4 rings (SSSR count). The lowest BCUT2D eigenvalue weighted by Crippen LogP contribution is -2.36. The summed E-state index contributed by atoms with van der Waals surface area (Å²) in [7, 11) is 0. The van der Waals surface area contributed by atoms with Crippen molar-refractivity contribution in [3.05, 3.63) is 101 Å². The standard InChI is InChI=1S/C25H26N2O/c1-18-14-16-21(17-15-18)26-25(28)24(20-9-3-2-4-10-20)27-23-13-7-11-19-8-5-6-12-22(19)23/h2-6,8-10,12,14-17,23-24,27H,7,11,13H2,1H3,(H,26,28)/t23-,24+/m0/s1. The summed E-state index contributed by atoms with van der Waals surface area (Å²) in [6.07, 6.45) is 3.29. The van der Waals surface area contributed by atoms with E-state index < -0.39 is 6.04 Å². The predicted octanol–water partition coefficient (Wildman–Crippen LogP) is 5.34. The first-order valence-electron chi connectivity index (χ1n) is 9.97. The summed E-state index contributed by atoms with van der Waals surface area (Å²) < 4.78 is 0. The lowest BCUT2D eigenvalue weighted by molar-refractivity contribution is -0.118. The van der Waals surface area contributed by atoms with Crippen molar-refractivity contribution in [3.8, 4) is 0 Å². The minimum atomic E-state index is -0.404. The number of benzene rings is 3. The Morgan fingerprint density at radius 2 is 1.64 bits per heavy atom. The second-order valence-electron chi connectivity index (χ2n) is 7.51. The first-order chi connectivity index (χ1) is 13.7. The quantitative estimate of drug-likeness (QED) is 0.636. The molecule has 0 saturated carbocycles. The van der Waals surface area contributed by atoms with E-state index in [9.17, 15) is 4.79 Å². The minimum absolute atomic E-state index is 0.0295. The molecule has 0 bridgehead atoms. The summed E-state index contributed by atoms with van der Waals surface area (Å²) in [5, 5.41) is 6.73. The van der Waals surface area contributed by atoms with Crippen molar-refractivity contribution in [2.45, 2.75) is 38.3 Å². The van der Waals surface area contributed by atoms with Crippen molar-refractivity contribution in [2.24, 2.45) is 0 Å². The zero-order valence-electron chi connectivity index (χ0n) is 16.2. The van der Waals surface area contributed by atoms with Crippen LogP contribution >= 0.6 is 0 Å². The first kappa shape index (κ1) is 18.5. The highest BCUT2D eigenvalue weighted by molar-refractivity contribution is 5.95. The highest BCUT2D eigenvalue weighted by atomic mass is 16.2. The molecule has 0 radical (unpaired) electrons. The number of rotatable bonds is 5. The van der Waals surface area contributed by atoms with Gasteiger partial charge in [0.25, 0.3) is 0 Å². The van der Waals surface area contributed by atoms with Gasteiger partial charge in [-0.3, -0.25) is 10.1 Å².